The first kappa shape index (κ1) is 20.4. The minimum Gasteiger partial charge on any atom is -0.378 e. The summed E-state index contributed by atoms with van der Waals surface area (Å²) in [5, 5.41) is 3.37. The quantitative estimate of drug-likeness (QED) is 0.809. The van der Waals surface area contributed by atoms with E-state index in [1.165, 1.54) is 5.56 Å². The highest BCUT2D eigenvalue weighted by molar-refractivity contribution is 5.85. The molecule has 4 nitrogen and oxygen atoms in total. The number of hydrogen-bond donors (Lipinski definition) is 1. The SMILES string of the molecule is Cl.O=C(CC1COCCN1)N(CCc1ccccc1)Cc1ccccc1. The first-order valence-electron chi connectivity index (χ1n) is 8.98. The van der Waals surface area contributed by atoms with Gasteiger partial charge >= 0.3 is 0 Å². The van der Waals surface area contributed by atoms with Crippen LogP contribution in [0, 0.1) is 0 Å². The van der Waals surface area contributed by atoms with Crippen LogP contribution in [-0.4, -0.2) is 43.2 Å². The predicted octanol–water partition coefficient (Wildman–Crippen LogP) is 3.06. The molecule has 0 saturated carbocycles. The molecule has 0 aliphatic carbocycles. The van der Waals surface area contributed by atoms with Crippen molar-refractivity contribution in [2.75, 3.05) is 26.3 Å². The smallest absolute Gasteiger partial charge is 0.224 e. The fourth-order valence-electron chi connectivity index (χ4n) is 3.10. The minimum absolute atomic E-state index is 0. The van der Waals surface area contributed by atoms with Crippen molar-refractivity contribution in [2.45, 2.75) is 25.4 Å². The number of amides is 1. The van der Waals surface area contributed by atoms with Gasteiger partial charge < -0.3 is 15.0 Å². The van der Waals surface area contributed by atoms with Crippen LogP contribution in [0.15, 0.2) is 60.7 Å². The zero-order valence-corrected chi connectivity index (χ0v) is 15.8. The number of rotatable bonds is 7. The lowest BCUT2D eigenvalue weighted by Crippen LogP contribution is -2.45. The third-order valence-corrected chi connectivity index (χ3v) is 4.50. The van der Waals surface area contributed by atoms with Crippen LogP contribution in [0.25, 0.3) is 0 Å². The summed E-state index contributed by atoms with van der Waals surface area (Å²) >= 11 is 0. The molecule has 140 valence electrons. The second-order valence-corrected chi connectivity index (χ2v) is 6.47. The van der Waals surface area contributed by atoms with E-state index in [9.17, 15) is 4.79 Å². The van der Waals surface area contributed by atoms with Crippen LogP contribution in [0.1, 0.15) is 17.5 Å². The number of ether oxygens (including phenoxy) is 1. The van der Waals surface area contributed by atoms with Crippen molar-refractivity contribution in [1.29, 1.82) is 0 Å². The van der Waals surface area contributed by atoms with Crippen LogP contribution in [0.3, 0.4) is 0 Å². The van der Waals surface area contributed by atoms with Crippen LogP contribution in [0.5, 0.6) is 0 Å². The van der Waals surface area contributed by atoms with Gasteiger partial charge in [-0.25, -0.2) is 0 Å². The summed E-state index contributed by atoms with van der Waals surface area (Å²) in [7, 11) is 0. The molecule has 1 aliphatic heterocycles. The van der Waals surface area contributed by atoms with Crippen LogP contribution in [0.2, 0.25) is 0 Å². The molecule has 3 rings (SSSR count). The van der Waals surface area contributed by atoms with Gasteiger partial charge in [0.15, 0.2) is 0 Å². The Balaban J connectivity index is 0.00000243. The molecular formula is C21H27ClN2O2. The molecule has 1 amide bonds. The Kier molecular flexibility index (Phi) is 8.62. The van der Waals surface area contributed by atoms with E-state index in [0.29, 0.717) is 19.6 Å². The Hall–Kier alpha value is -1.88. The molecule has 1 saturated heterocycles. The molecule has 0 spiro atoms. The second-order valence-electron chi connectivity index (χ2n) is 6.47. The second kappa shape index (κ2) is 11.0. The van der Waals surface area contributed by atoms with Gasteiger partial charge in [0.05, 0.1) is 13.2 Å². The van der Waals surface area contributed by atoms with Crippen molar-refractivity contribution in [3.63, 3.8) is 0 Å². The standard InChI is InChI=1S/C21H26N2O2.ClH/c24-21(15-20-17-25-14-12-22-20)23(16-19-9-5-2-6-10-19)13-11-18-7-3-1-4-8-18;/h1-10,20,22H,11-17H2;1H. The highest BCUT2D eigenvalue weighted by atomic mass is 35.5. The highest BCUT2D eigenvalue weighted by Gasteiger charge is 2.21. The van der Waals surface area contributed by atoms with E-state index < -0.39 is 0 Å². The lowest BCUT2D eigenvalue weighted by Gasteiger charge is -2.28. The molecule has 26 heavy (non-hydrogen) atoms. The van der Waals surface area contributed by atoms with Crippen LogP contribution in [0.4, 0.5) is 0 Å². The Bertz CT molecular complexity index is 646. The maximum Gasteiger partial charge on any atom is 0.224 e. The third-order valence-electron chi connectivity index (χ3n) is 4.50. The molecule has 1 atom stereocenters. The van der Waals surface area contributed by atoms with Crippen molar-refractivity contribution >= 4 is 18.3 Å². The first-order valence-corrected chi connectivity index (χ1v) is 8.98. The van der Waals surface area contributed by atoms with E-state index in [1.807, 2.05) is 41.3 Å². The summed E-state index contributed by atoms with van der Waals surface area (Å²) in [4.78, 5) is 14.8. The number of nitrogens with zero attached hydrogens (tertiary/aromatic N) is 1. The van der Waals surface area contributed by atoms with Crippen molar-refractivity contribution in [3.05, 3.63) is 71.8 Å². The average molecular weight is 375 g/mol. The monoisotopic (exact) mass is 374 g/mol. The highest BCUT2D eigenvalue weighted by Crippen LogP contribution is 2.11. The Morgan fingerprint density at radius 2 is 1.69 bits per heavy atom. The average Bonchev–Trinajstić information content (AvgIpc) is 2.67. The fraction of sp³-hybridized carbons (Fsp3) is 0.381. The summed E-state index contributed by atoms with van der Waals surface area (Å²) in [6.45, 7) is 3.54. The van der Waals surface area contributed by atoms with Gasteiger partial charge in [-0.2, -0.15) is 0 Å². The summed E-state index contributed by atoms with van der Waals surface area (Å²) in [5.74, 6) is 0.183. The topological polar surface area (TPSA) is 41.6 Å². The summed E-state index contributed by atoms with van der Waals surface area (Å²) in [6, 6.07) is 20.6. The maximum absolute atomic E-state index is 12.9. The van der Waals surface area contributed by atoms with E-state index in [-0.39, 0.29) is 24.4 Å². The number of halogens is 1. The number of benzene rings is 2. The van der Waals surface area contributed by atoms with Crippen molar-refractivity contribution < 1.29 is 9.53 Å². The molecule has 2 aromatic carbocycles. The largest absolute Gasteiger partial charge is 0.378 e. The van der Waals surface area contributed by atoms with Gasteiger partial charge in [0.1, 0.15) is 0 Å². The number of hydrogen-bond acceptors (Lipinski definition) is 3. The summed E-state index contributed by atoms with van der Waals surface area (Å²) < 4.78 is 5.48. The van der Waals surface area contributed by atoms with Gasteiger partial charge in [0, 0.05) is 32.1 Å². The Morgan fingerprint density at radius 3 is 2.31 bits per heavy atom. The molecule has 1 aliphatic rings. The third kappa shape index (κ3) is 6.45. The zero-order valence-electron chi connectivity index (χ0n) is 15.0. The molecule has 1 fully saturated rings. The number of carbonyl (C=O) groups excluding carboxylic acids is 1. The molecule has 5 heteroatoms. The molecule has 0 radical (unpaired) electrons. The van der Waals surface area contributed by atoms with Gasteiger partial charge in [0.2, 0.25) is 5.91 Å². The normalized spacial score (nSPS) is 16.5. The number of nitrogens with one attached hydrogen (secondary N) is 1. The van der Waals surface area contributed by atoms with E-state index in [1.54, 1.807) is 0 Å². The molecule has 1 N–H and O–H groups in total. The zero-order chi connectivity index (χ0) is 17.3. The lowest BCUT2D eigenvalue weighted by atomic mass is 10.1. The molecule has 0 bridgehead atoms. The molecule has 0 aromatic heterocycles. The van der Waals surface area contributed by atoms with Crippen molar-refractivity contribution in [3.8, 4) is 0 Å². The lowest BCUT2D eigenvalue weighted by molar-refractivity contribution is -0.133. The molecular weight excluding hydrogens is 348 g/mol. The van der Waals surface area contributed by atoms with Gasteiger partial charge in [-0.1, -0.05) is 60.7 Å². The van der Waals surface area contributed by atoms with E-state index >= 15 is 0 Å². The Labute approximate surface area is 162 Å². The van der Waals surface area contributed by atoms with E-state index in [0.717, 1.165) is 31.7 Å². The van der Waals surface area contributed by atoms with Gasteiger partial charge in [-0.05, 0) is 17.5 Å². The molecule has 1 heterocycles. The summed E-state index contributed by atoms with van der Waals surface area (Å²) in [6.07, 6.45) is 1.36. The molecule has 2 aromatic rings. The van der Waals surface area contributed by atoms with Crippen LogP contribution >= 0.6 is 12.4 Å². The van der Waals surface area contributed by atoms with Crippen molar-refractivity contribution in [1.82, 2.24) is 10.2 Å². The van der Waals surface area contributed by atoms with Gasteiger partial charge in [-0.3, -0.25) is 4.79 Å². The summed E-state index contributed by atoms with van der Waals surface area (Å²) in [5.41, 5.74) is 2.42. The predicted molar refractivity (Wildman–Crippen MR) is 106 cm³/mol. The van der Waals surface area contributed by atoms with Crippen molar-refractivity contribution in [2.24, 2.45) is 0 Å². The first-order chi connectivity index (χ1) is 12.3. The van der Waals surface area contributed by atoms with Gasteiger partial charge in [-0.15, -0.1) is 12.4 Å². The van der Waals surface area contributed by atoms with Gasteiger partial charge in [0.25, 0.3) is 0 Å². The van der Waals surface area contributed by atoms with E-state index in [4.69, 9.17) is 4.74 Å². The van der Waals surface area contributed by atoms with Crippen LogP contribution in [-0.2, 0) is 22.5 Å². The maximum atomic E-state index is 12.9. The Morgan fingerprint density at radius 1 is 1.04 bits per heavy atom. The fourth-order valence-corrected chi connectivity index (χ4v) is 3.10. The molecule has 1 unspecified atom stereocenters. The number of carbonyl (C=O) groups is 1. The van der Waals surface area contributed by atoms with E-state index in [2.05, 4.69) is 29.6 Å². The number of morpholine rings is 1. The minimum atomic E-state index is 0. The van der Waals surface area contributed by atoms with Crippen LogP contribution < -0.4 is 5.32 Å².